The number of piperidine rings is 1. The van der Waals surface area contributed by atoms with Crippen LogP contribution in [0.15, 0.2) is 24.3 Å². The van der Waals surface area contributed by atoms with Gasteiger partial charge in [0.1, 0.15) is 0 Å². The first-order valence-electron chi connectivity index (χ1n) is 7.23. The van der Waals surface area contributed by atoms with Gasteiger partial charge in [0.25, 0.3) is 0 Å². The first-order valence-corrected chi connectivity index (χ1v) is 7.23. The second kappa shape index (κ2) is 7.04. The average molecular weight is 262 g/mol. The van der Waals surface area contributed by atoms with Crippen LogP contribution in [0.3, 0.4) is 0 Å². The lowest BCUT2D eigenvalue weighted by molar-refractivity contribution is 0.0971. The maximum absolute atomic E-state index is 6.35. The number of rotatable bonds is 5. The summed E-state index contributed by atoms with van der Waals surface area (Å²) in [5.41, 5.74) is 8.93. The van der Waals surface area contributed by atoms with Crippen LogP contribution >= 0.6 is 0 Å². The summed E-state index contributed by atoms with van der Waals surface area (Å²) in [6.45, 7) is 6.30. The third-order valence-corrected chi connectivity index (χ3v) is 4.15. The number of hydrogen-bond acceptors (Lipinski definition) is 3. The molecule has 0 saturated carbocycles. The lowest BCUT2D eigenvalue weighted by Gasteiger charge is -2.33. The zero-order valence-corrected chi connectivity index (χ0v) is 12.1. The second-order valence-electron chi connectivity index (χ2n) is 5.66. The van der Waals surface area contributed by atoms with Crippen LogP contribution in [0.1, 0.15) is 30.0 Å². The van der Waals surface area contributed by atoms with Gasteiger partial charge in [0, 0.05) is 26.3 Å². The van der Waals surface area contributed by atoms with Crippen molar-refractivity contribution in [2.45, 2.75) is 25.8 Å². The lowest BCUT2D eigenvalue weighted by atomic mass is 9.96. The molecule has 106 valence electrons. The van der Waals surface area contributed by atoms with Crippen LogP contribution in [0.5, 0.6) is 0 Å². The summed E-state index contributed by atoms with van der Waals surface area (Å²) in [6.07, 6.45) is 2.46. The van der Waals surface area contributed by atoms with Gasteiger partial charge in [0.15, 0.2) is 0 Å². The van der Waals surface area contributed by atoms with Crippen molar-refractivity contribution in [3.63, 3.8) is 0 Å². The van der Waals surface area contributed by atoms with Crippen molar-refractivity contribution in [3.05, 3.63) is 35.4 Å². The van der Waals surface area contributed by atoms with Crippen molar-refractivity contribution in [2.75, 3.05) is 33.4 Å². The molecule has 0 spiro atoms. The van der Waals surface area contributed by atoms with Gasteiger partial charge in [-0.25, -0.2) is 0 Å². The Morgan fingerprint density at radius 1 is 1.32 bits per heavy atom. The van der Waals surface area contributed by atoms with Gasteiger partial charge in [0.05, 0.1) is 0 Å². The Bertz CT molecular complexity index is 386. The van der Waals surface area contributed by atoms with Crippen molar-refractivity contribution in [2.24, 2.45) is 11.7 Å². The molecule has 1 aromatic rings. The highest BCUT2D eigenvalue weighted by molar-refractivity contribution is 5.28. The molecule has 1 atom stereocenters. The molecule has 2 rings (SSSR count). The minimum Gasteiger partial charge on any atom is -0.384 e. The SMILES string of the molecule is COCC1CCN(CC(N)c2ccccc2C)CC1. The molecule has 1 saturated heterocycles. The lowest BCUT2D eigenvalue weighted by Crippen LogP contribution is -2.39. The standard InChI is InChI=1S/C16H26N2O/c1-13-5-3-4-6-15(13)16(17)11-18-9-7-14(8-10-18)12-19-2/h3-6,14,16H,7-12,17H2,1-2H3. The van der Waals surface area contributed by atoms with E-state index in [0.717, 1.165) is 32.2 Å². The Balaban J connectivity index is 1.84. The van der Waals surface area contributed by atoms with E-state index in [2.05, 4.69) is 36.1 Å². The number of hydrogen-bond donors (Lipinski definition) is 1. The number of ether oxygens (including phenoxy) is 1. The van der Waals surface area contributed by atoms with E-state index >= 15 is 0 Å². The predicted octanol–water partition coefficient (Wildman–Crippen LogP) is 2.35. The average Bonchev–Trinajstić information content (AvgIpc) is 2.42. The molecular formula is C16H26N2O. The summed E-state index contributed by atoms with van der Waals surface area (Å²) in [7, 11) is 1.79. The van der Waals surface area contributed by atoms with Crippen molar-refractivity contribution in [3.8, 4) is 0 Å². The summed E-state index contributed by atoms with van der Waals surface area (Å²) < 4.78 is 5.24. The number of aryl methyl sites for hydroxylation is 1. The summed E-state index contributed by atoms with van der Waals surface area (Å²) >= 11 is 0. The maximum Gasteiger partial charge on any atom is 0.0491 e. The summed E-state index contributed by atoms with van der Waals surface area (Å²) in [5.74, 6) is 0.732. The van der Waals surface area contributed by atoms with E-state index in [1.165, 1.54) is 24.0 Å². The van der Waals surface area contributed by atoms with Gasteiger partial charge in [-0.15, -0.1) is 0 Å². The molecule has 1 heterocycles. The molecule has 0 bridgehead atoms. The van der Waals surface area contributed by atoms with Crippen LogP contribution in [-0.4, -0.2) is 38.3 Å². The number of benzene rings is 1. The Morgan fingerprint density at radius 3 is 2.63 bits per heavy atom. The second-order valence-corrected chi connectivity index (χ2v) is 5.66. The molecule has 1 unspecified atom stereocenters. The normalized spacial score (nSPS) is 19.5. The van der Waals surface area contributed by atoms with E-state index in [0.29, 0.717) is 0 Å². The summed E-state index contributed by atoms with van der Waals surface area (Å²) in [6, 6.07) is 8.56. The fraction of sp³-hybridized carbons (Fsp3) is 0.625. The van der Waals surface area contributed by atoms with E-state index in [1.54, 1.807) is 7.11 Å². The Morgan fingerprint density at radius 2 is 2.00 bits per heavy atom. The molecule has 1 aliphatic rings. The molecule has 1 aromatic carbocycles. The van der Waals surface area contributed by atoms with Gasteiger partial charge in [-0.3, -0.25) is 0 Å². The smallest absolute Gasteiger partial charge is 0.0491 e. The minimum atomic E-state index is 0.125. The molecule has 0 aliphatic carbocycles. The van der Waals surface area contributed by atoms with Gasteiger partial charge < -0.3 is 15.4 Å². The summed E-state index contributed by atoms with van der Waals surface area (Å²) in [4.78, 5) is 2.49. The molecule has 0 radical (unpaired) electrons. The topological polar surface area (TPSA) is 38.5 Å². The number of nitrogens with two attached hydrogens (primary N) is 1. The van der Waals surface area contributed by atoms with Crippen LogP contribution in [0, 0.1) is 12.8 Å². The first kappa shape index (κ1) is 14.5. The van der Waals surface area contributed by atoms with E-state index in [1.807, 2.05) is 0 Å². The largest absolute Gasteiger partial charge is 0.384 e. The van der Waals surface area contributed by atoms with Crippen molar-refractivity contribution in [1.82, 2.24) is 4.90 Å². The van der Waals surface area contributed by atoms with E-state index in [9.17, 15) is 0 Å². The van der Waals surface area contributed by atoms with Crippen LogP contribution in [0.2, 0.25) is 0 Å². The van der Waals surface area contributed by atoms with Crippen LogP contribution in [0.4, 0.5) is 0 Å². The fourth-order valence-corrected chi connectivity index (χ4v) is 2.95. The molecule has 0 amide bonds. The van der Waals surface area contributed by atoms with Crippen LogP contribution in [0.25, 0.3) is 0 Å². The van der Waals surface area contributed by atoms with Gasteiger partial charge in [0.2, 0.25) is 0 Å². The summed E-state index contributed by atoms with van der Waals surface area (Å²) in [5, 5.41) is 0. The van der Waals surface area contributed by atoms with Gasteiger partial charge in [-0.2, -0.15) is 0 Å². The van der Waals surface area contributed by atoms with Gasteiger partial charge >= 0.3 is 0 Å². The number of methoxy groups -OCH3 is 1. The molecule has 3 nitrogen and oxygen atoms in total. The zero-order valence-electron chi connectivity index (χ0n) is 12.1. The van der Waals surface area contributed by atoms with Crippen molar-refractivity contribution < 1.29 is 4.74 Å². The Labute approximate surface area is 116 Å². The highest BCUT2D eigenvalue weighted by Gasteiger charge is 2.21. The molecular weight excluding hydrogens is 236 g/mol. The molecule has 3 heteroatoms. The maximum atomic E-state index is 6.35. The zero-order chi connectivity index (χ0) is 13.7. The van der Waals surface area contributed by atoms with Crippen molar-refractivity contribution >= 4 is 0 Å². The highest BCUT2D eigenvalue weighted by Crippen LogP contribution is 2.21. The molecule has 0 aromatic heterocycles. The van der Waals surface area contributed by atoms with Crippen LogP contribution < -0.4 is 5.73 Å². The monoisotopic (exact) mass is 262 g/mol. The van der Waals surface area contributed by atoms with Crippen molar-refractivity contribution in [1.29, 1.82) is 0 Å². The Kier molecular flexibility index (Phi) is 5.37. The minimum absolute atomic E-state index is 0.125. The third-order valence-electron chi connectivity index (χ3n) is 4.15. The molecule has 19 heavy (non-hydrogen) atoms. The fourth-order valence-electron chi connectivity index (χ4n) is 2.95. The van der Waals surface area contributed by atoms with Gasteiger partial charge in [-0.05, 0) is 49.9 Å². The predicted molar refractivity (Wildman–Crippen MR) is 79.1 cm³/mol. The van der Waals surface area contributed by atoms with Crippen LogP contribution in [-0.2, 0) is 4.74 Å². The molecule has 2 N–H and O–H groups in total. The number of nitrogens with zero attached hydrogens (tertiary/aromatic N) is 1. The molecule has 1 aliphatic heterocycles. The Hall–Kier alpha value is -0.900. The van der Waals surface area contributed by atoms with E-state index in [-0.39, 0.29) is 6.04 Å². The van der Waals surface area contributed by atoms with E-state index in [4.69, 9.17) is 10.5 Å². The molecule has 1 fully saturated rings. The third kappa shape index (κ3) is 4.03. The number of likely N-dealkylation sites (tertiary alicyclic amines) is 1. The highest BCUT2D eigenvalue weighted by atomic mass is 16.5. The first-order chi connectivity index (χ1) is 9.20. The van der Waals surface area contributed by atoms with Gasteiger partial charge in [-0.1, -0.05) is 24.3 Å². The quantitative estimate of drug-likeness (QED) is 0.885. The van der Waals surface area contributed by atoms with E-state index < -0.39 is 0 Å².